The fourth-order valence-corrected chi connectivity index (χ4v) is 1.77. The summed E-state index contributed by atoms with van der Waals surface area (Å²) in [5, 5.41) is 2.07. The average Bonchev–Trinajstić information content (AvgIpc) is 2.75. The highest BCUT2D eigenvalue weighted by Gasteiger charge is 1.97. The summed E-state index contributed by atoms with van der Waals surface area (Å²) in [5.41, 5.74) is 0. The lowest BCUT2D eigenvalue weighted by atomic mass is 10.3. The molecule has 0 fully saturated rings. The van der Waals surface area contributed by atoms with Crippen LogP contribution < -0.4 is 0 Å². The van der Waals surface area contributed by atoms with Gasteiger partial charge < -0.3 is 9.64 Å². The first kappa shape index (κ1) is 11.8. The van der Waals surface area contributed by atoms with Crippen molar-refractivity contribution in [3.8, 4) is 0 Å². The minimum Gasteiger partial charge on any atom is -0.466 e. The van der Waals surface area contributed by atoms with Gasteiger partial charge in [-0.15, -0.1) is 11.3 Å². The number of carbonyl (C=O) groups is 1. The van der Waals surface area contributed by atoms with Gasteiger partial charge in [0.15, 0.2) is 0 Å². The topological polar surface area (TPSA) is 29.5 Å². The third-order valence-electron chi connectivity index (χ3n) is 1.96. The Labute approximate surface area is 94.0 Å². The van der Waals surface area contributed by atoms with Gasteiger partial charge in [-0.2, -0.15) is 0 Å². The maximum atomic E-state index is 10.8. The van der Waals surface area contributed by atoms with E-state index in [-0.39, 0.29) is 5.97 Å². The first-order valence-corrected chi connectivity index (χ1v) is 5.59. The molecule has 3 nitrogen and oxygen atoms in total. The van der Waals surface area contributed by atoms with Crippen LogP contribution in [0.1, 0.15) is 4.88 Å². The molecule has 0 aliphatic heterocycles. The average molecular weight is 225 g/mol. The van der Waals surface area contributed by atoms with Gasteiger partial charge in [0, 0.05) is 30.7 Å². The van der Waals surface area contributed by atoms with Gasteiger partial charge >= 0.3 is 5.97 Å². The van der Waals surface area contributed by atoms with E-state index in [0.717, 1.165) is 13.0 Å². The van der Waals surface area contributed by atoms with Crippen LogP contribution in [0.15, 0.2) is 29.8 Å². The number of hydrogen-bond acceptors (Lipinski definition) is 4. The van der Waals surface area contributed by atoms with E-state index in [1.165, 1.54) is 18.1 Å². The molecule has 0 aliphatic rings. The normalized spacial score (nSPS) is 10.5. The zero-order chi connectivity index (χ0) is 11.1. The Bertz CT molecular complexity index is 319. The molecule has 0 N–H and O–H groups in total. The molecule has 0 radical (unpaired) electrons. The summed E-state index contributed by atoms with van der Waals surface area (Å²) in [5.74, 6) is -0.321. The molecule has 0 unspecified atom stereocenters. The molecule has 0 aliphatic carbocycles. The molecular weight excluding hydrogens is 210 g/mol. The van der Waals surface area contributed by atoms with Crippen LogP contribution in [0.25, 0.3) is 0 Å². The van der Waals surface area contributed by atoms with Gasteiger partial charge in [0.05, 0.1) is 7.11 Å². The number of likely N-dealkylation sites (N-methyl/N-ethyl adjacent to an activating group) is 1. The Kier molecular flexibility index (Phi) is 4.90. The summed E-state index contributed by atoms with van der Waals surface area (Å²) < 4.78 is 4.50. The molecule has 0 saturated heterocycles. The molecule has 1 aromatic heterocycles. The Morgan fingerprint density at radius 2 is 2.47 bits per heavy atom. The van der Waals surface area contributed by atoms with E-state index >= 15 is 0 Å². The Balaban J connectivity index is 2.27. The number of esters is 1. The van der Waals surface area contributed by atoms with Crippen molar-refractivity contribution in [3.05, 3.63) is 34.7 Å². The lowest BCUT2D eigenvalue weighted by molar-refractivity contribution is -0.134. The Morgan fingerprint density at radius 1 is 1.67 bits per heavy atom. The standard InChI is InChI=1S/C11H15NO2S/c1-12(8-6-11(13)14-2)7-5-10-4-3-9-15-10/h3-4,6,8-9H,5,7H2,1-2H3. The largest absolute Gasteiger partial charge is 0.466 e. The second kappa shape index (κ2) is 6.24. The quantitative estimate of drug-likeness (QED) is 0.566. The van der Waals surface area contributed by atoms with E-state index in [0.29, 0.717) is 0 Å². The zero-order valence-corrected chi connectivity index (χ0v) is 9.79. The molecule has 1 rings (SSSR count). The van der Waals surface area contributed by atoms with Crippen molar-refractivity contribution >= 4 is 17.3 Å². The van der Waals surface area contributed by atoms with Crippen molar-refractivity contribution in [2.75, 3.05) is 20.7 Å². The first-order valence-electron chi connectivity index (χ1n) is 4.71. The van der Waals surface area contributed by atoms with Crippen LogP contribution in [0.2, 0.25) is 0 Å². The van der Waals surface area contributed by atoms with Crippen LogP contribution in [0, 0.1) is 0 Å². The number of methoxy groups -OCH3 is 1. The predicted octanol–water partition coefficient (Wildman–Crippen LogP) is 1.91. The van der Waals surface area contributed by atoms with Crippen molar-refractivity contribution in [1.29, 1.82) is 0 Å². The van der Waals surface area contributed by atoms with Gasteiger partial charge in [-0.1, -0.05) is 6.07 Å². The van der Waals surface area contributed by atoms with E-state index in [1.54, 1.807) is 17.5 Å². The van der Waals surface area contributed by atoms with E-state index in [9.17, 15) is 4.79 Å². The van der Waals surface area contributed by atoms with Crippen LogP contribution in [0.4, 0.5) is 0 Å². The Morgan fingerprint density at radius 3 is 3.07 bits per heavy atom. The maximum absolute atomic E-state index is 10.8. The number of thiophene rings is 1. The second-order valence-electron chi connectivity index (χ2n) is 3.15. The molecule has 1 heterocycles. The summed E-state index contributed by atoms with van der Waals surface area (Å²) in [7, 11) is 3.31. The summed E-state index contributed by atoms with van der Waals surface area (Å²) in [6, 6.07) is 4.16. The maximum Gasteiger partial charge on any atom is 0.331 e. The highest BCUT2D eigenvalue weighted by atomic mass is 32.1. The molecule has 82 valence electrons. The van der Waals surface area contributed by atoms with Crippen LogP contribution in [-0.2, 0) is 16.0 Å². The van der Waals surface area contributed by atoms with Crippen LogP contribution in [-0.4, -0.2) is 31.6 Å². The molecular formula is C11H15NO2S. The predicted molar refractivity (Wildman–Crippen MR) is 61.8 cm³/mol. The van der Waals surface area contributed by atoms with Gasteiger partial charge in [0.2, 0.25) is 0 Å². The van der Waals surface area contributed by atoms with E-state index in [1.807, 2.05) is 18.0 Å². The lowest BCUT2D eigenvalue weighted by Crippen LogP contribution is -2.14. The number of ether oxygens (including phenoxy) is 1. The Hall–Kier alpha value is -1.29. The first-order chi connectivity index (χ1) is 7.22. The molecule has 0 spiro atoms. The fourth-order valence-electron chi connectivity index (χ4n) is 1.07. The molecule has 0 aromatic carbocycles. The molecule has 0 bridgehead atoms. The molecule has 1 aromatic rings. The molecule has 0 saturated carbocycles. The van der Waals surface area contributed by atoms with Crippen LogP contribution in [0.5, 0.6) is 0 Å². The molecule has 0 atom stereocenters. The fraction of sp³-hybridized carbons (Fsp3) is 0.364. The van der Waals surface area contributed by atoms with E-state index in [4.69, 9.17) is 0 Å². The third kappa shape index (κ3) is 4.65. The summed E-state index contributed by atoms with van der Waals surface area (Å²) in [4.78, 5) is 14.1. The minimum absolute atomic E-state index is 0.321. The van der Waals surface area contributed by atoms with E-state index in [2.05, 4.69) is 16.2 Å². The molecule has 4 heteroatoms. The van der Waals surface area contributed by atoms with Gasteiger partial charge in [-0.25, -0.2) is 4.79 Å². The third-order valence-corrected chi connectivity index (χ3v) is 2.89. The smallest absolute Gasteiger partial charge is 0.331 e. The van der Waals surface area contributed by atoms with Crippen molar-refractivity contribution in [2.24, 2.45) is 0 Å². The molecule has 0 amide bonds. The highest BCUT2D eigenvalue weighted by Crippen LogP contribution is 2.09. The molecule has 15 heavy (non-hydrogen) atoms. The van der Waals surface area contributed by atoms with Crippen molar-refractivity contribution < 1.29 is 9.53 Å². The zero-order valence-electron chi connectivity index (χ0n) is 8.97. The van der Waals surface area contributed by atoms with Crippen molar-refractivity contribution in [2.45, 2.75) is 6.42 Å². The van der Waals surface area contributed by atoms with Gasteiger partial charge in [-0.3, -0.25) is 0 Å². The monoisotopic (exact) mass is 225 g/mol. The van der Waals surface area contributed by atoms with E-state index < -0.39 is 0 Å². The van der Waals surface area contributed by atoms with Crippen LogP contribution in [0.3, 0.4) is 0 Å². The minimum atomic E-state index is -0.321. The summed E-state index contributed by atoms with van der Waals surface area (Å²) in [6.45, 7) is 0.897. The van der Waals surface area contributed by atoms with Gasteiger partial charge in [-0.05, 0) is 17.9 Å². The SMILES string of the molecule is COC(=O)C=CN(C)CCc1cccs1. The van der Waals surface area contributed by atoms with Crippen LogP contribution >= 0.6 is 11.3 Å². The summed E-state index contributed by atoms with van der Waals surface area (Å²) >= 11 is 1.75. The summed E-state index contributed by atoms with van der Waals surface area (Å²) in [6.07, 6.45) is 4.16. The van der Waals surface area contributed by atoms with Gasteiger partial charge in [0.1, 0.15) is 0 Å². The van der Waals surface area contributed by atoms with Crippen molar-refractivity contribution in [3.63, 3.8) is 0 Å². The number of hydrogen-bond donors (Lipinski definition) is 0. The lowest BCUT2D eigenvalue weighted by Gasteiger charge is -2.12. The highest BCUT2D eigenvalue weighted by molar-refractivity contribution is 7.09. The second-order valence-corrected chi connectivity index (χ2v) is 4.18. The number of rotatable bonds is 5. The number of carbonyl (C=O) groups excluding carboxylic acids is 1. The van der Waals surface area contributed by atoms with Crippen molar-refractivity contribution in [1.82, 2.24) is 4.90 Å². The van der Waals surface area contributed by atoms with Gasteiger partial charge in [0.25, 0.3) is 0 Å². The number of nitrogens with zero attached hydrogens (tertiary/aromatic N) is 1.